The smallest absolute Gasteiger partial charge is 0.00711 e. The summed E-state index contributed by atoms with van der Waals surface area (Å²) in [6.45, 7) is 4.59. The zero-order chi connectivity index (χ0) is 15.1. The third-order valence-corrected chi connectivity index (χ3v) is 6.91. The van der Waals surface area contributed by atoms with Crippen LogP contribution in [-0.4, -0.2) is 0 Å². The highest BCUT2D eigenvalue weighted by molar-refractivity contribution is 7.67. The molecule has 0 saturated carbocycles. The van der Waals surface area contributed by atoms with Gasteiger partial charge in [-0.2, -0.15) is 0 Å². The van der Waals surface area contributed by atoms with Gasteiger partial charge < -0.3 is 0 Å². The third-order valence-electron chi connectivity index (χ3n) is 4.37. The van der Waals surface area contributed by atoms with Crippen molar-refractivity contribution in [2.45, 2.75) is 19.8 Å². The highest BCUT2D eigenvalue weighted by Crippen LogP contribution is 2.56. The normalized spacial score (nSPS) is 12.4. The fourth-order valence-corrected chi connectivity index (χ4v) is 6.04. The van der Waals surface area contributed by atoms with Crippen LogP contribution in [0.2, 0.25) is 0 Å². The number of fused-ring (bicyclic) bond motifs is 3. The van der Waals surface area contributed by atoms with Gasteiger partial charge in [-0.1, -0.05) is 88.1 Å². The van der Waals surface area contributed by atoms with Crippen molar-refractivity contribution in [1.82, 2.24) is 0 Å². The minimum absolute atomic E-state index is 0.413. The monoisotopic (exact) mass is 302 g/mol. The quantitative estimate of drug-likeness (QED) is 0.370. The van der Waals surface area contributed by atoms with Crippen molar-refractivity contribution < 1.29 is 0 Å². The molecule has 0 bridgehead atoms. The average molecular weight is 302 g/mol. The first-order valence-electron chi connectivity index (χ1n) is 7.85. The van der Waals surface area contributed by atoms with Crippen LogP contribution in [0.15, 0.2) is 72.8 Å². The summed E-state index contributed by atoms with van der Waals surface area (Å²) in [6, 6.07) is 26.8. The van der Waals surface area contributed by atoms with E-state index >= 15 is 0 Å². The van der Waals surface area contributed by atoms with Gasteiger partial charge in [-0.05, 0) is 33.6 Å². The van der Waals surface area contributed by atoms with Crippen LogP contribution in [0, 0.1) is 0 Å². The molecule has 0 saturated heterocycles. The van der Waals surface area contributed by atoms with E-state index in [0.29, 0.717) is 5.92 Å². The summed E-state index contributed by atoms with van der Waals surface area (Å²) >= 11 is 0. The molecule has 0 radical (unpaired) electrons. The van der Waals surface area contributed by atoms with E-state index in [1.54, 1.807) is 0 Å². The Bertz CT molecular complexity index is 946. The van der Waals surface area contributed by atoms with Crippen LogP contribution < -0.4 is 0 Å². The van der Waals surface area contributed by atoms with Gasteiger partial charge >= 0.3 is 0 Å². The summed E-state index contributed by atoms with van der Waals surface area (Å²) in [5, 5.41) is 7.41. The molecular formula is C21H19P. The van der Waals surface area contributed by atoms with Gasteiger partial charge in [-0.3, -0.25) is 0 Å². The fraction of sp³-hybridized carbons (Fsp3) is 0.143. The van der Waals surface area contributed by atoms with Crippen molar-refractivity contribution in [3.05, 3.63) is 78.4 Å². The Labute approximate surface area is 132 Å². The lowest BCUT2D eigenvalue weighted by atomic mass is 9.97. The molecule has 0 aliphatic carbocycles. The van der Waals surface area contributed by atoms with Crippen LogP contribution in [0.5, 0.6) is 0 Å². The Morgan fingerprint density at radius 2 is 1.36 bits per heavy atom. The number of benzene rings is 3. The van der Waals surface area contributed by atoms with Crippen LogP contribution in [0.3, 0.4) is 0 Å². The van der Waals surface area contributed by atoms with Crippen LogP contribution in [-0.2, 0) is 0 Å². The minimum atomic E-state index is -0.413. The standard InChI is InChI=1S/C21H19P/c1-15(2)17-12-8-14-20-21(17)18-11-6-7-13-19(18)22(20)16-9-4-3-5-10-16/h3-15H,1-2H3. The molecule has 1 heterocycles. The predicted octanol–water partition coefficient (Wildman–Crippen LogP) is 7.09. The first-order chi connectivity index (χ1) is 10.8. The summed E-state index contributed by atoms with van der Waals surface area (Å²) in [5.74, 6) is 0.550. The molecule has 108 valence electrons. The number of rotatable bonds is 2. The molecule has 0 N–H and O–H groups in total. The molecule has 0 amide bonds. The zero-order valence-corrected chi connectivity index (χ0v) is 13.8. The molecule has 4 aromatic rings. The molecule has 0 aliphatic rings. The van der Waals surface area contributed by atoms with Crippen LogP contribution >= 0.6 is 7.53 Å². The van der Waals surface area contributed by atoms with E-state index in [9.17, 15) is 0 Å². The maximum Gasteiger partial charge on any atom is 0.00711 e. The molecule has 1 heteroatoms. The second-order valence-electron chi connectivity index (χ2n) is 6.08. The molecule has 1 atom stereocenters. The maximum atomic E-state index is 2.33. The molecule has 22 heavy (non-hydrogen) atoms. The lowest BCUT2D eigenvalue weighted by Crippen LogP contribution is -1.87. The van der Waals surface area contributed by atoms with Crippen LogP contribution in [0.4, 0.5) is 0 Å². The van der Waals surface area contributed by atoms with E-state index in [1.807, 2.05) is 0 Å². The molecule has 4 rings (SSSR count). The number of hydrogen-bond donors (Lipinski definition) is 0. The van der Waals surface area contributed by atoms with Crippen molar-refractivity contribution in [3.63, 3.8) is 0 Å². The van der Waals surface area contributed by atoms with Crippen LogP contribution in [0.25, 0.3) is 26.3 Å². The summed E-state index contributed by atoms with van der Waals surface area (Å²) in [7, 11) is -0.413. The summed E-state index contributed by atoms with van der Waals surface area (Å²) in [5.41, 5.74) is 1.48. The average Bonchev–Trinajstić information content (AvgIpc) is 2.90. The Morgan fingerprint density at radius 3 is 2.14 bits per heavy atom. The highest BCUT2D eigenvalue weighted by Gasteiger charge is 2.16. The third kappa shape index (κ3) is 1.99. The second-order valence-corrected chi connectivity index (χ2v) is 8.24. The van der Waals surface area contributed by atoms with Crippen molar-refractivity contribution in [3.8, 4) is 5.30 Å². The lowest BCUT2D eigenvalue weighted by molar-refractivity contribution is 0.877. The molecule has 0 nitrogen and oxygen atoms in total. The van der Waals surface area contributed by atoms with E-state index in [1.165, 1.54) is 31.9 Å². The Kier molecular flexibility index (Phi) is 3.28. The van der Waals surface area contributed by atoms with E-state index in [0.717, 1.165) is 0 Å². The minimum Gasteiger partial charge on any atom is -0.0772 e. The predicted molar refractivity (Wildman–Crippen MR) is 99.6 cm³/mol. The molecule has 0 spiro atoms. The van der Waals surface area contributed by atoms with Gasteiger partial charge in [0.05, 0.1) is 0 Å². The lowest BCUT2D eigenvalue weighted by Gasteiger charge is -2.08. The van der Waals surface area contributed by atoms with Crippen LogP contribution in [0.1, 0.15) is 25.3 Å². The molecule has 1 unspecified atom stereocenters. The zero-order valence-electron chi connectivity index (χ0n) is 13.0. The number of hydrogen-bond acceptors (Lipinski definition) is 0. The molecule has 1 aromatic heterocycles. The Balaban J connectivity index is 2.22. The van der Waals surface area contributed by atoms with Crippen molar-refractivity contribution >= 4 is 28.5 Å². The van der Waals surface area contributed by atoms with Gasteiger partial charge in [0.25, 0.3) is 0 Å². The van der Waals surface area contributed by atoms with Gasteiger partial charge in [0, 0.05) is 10.2 Å². The molecule has 0 aliphatic heterocycles. The second kappa shape index (κ2) is 5.30. The van der Waals surface area contributed by atoms with Gasteiger partial charge in [0.15, 0.2) is 0 Å². The SMILES string of the molecule is CC(C)c1cccc2c1c1ccccc1p2-c1ccccc1. The van der Waals surface area contributed by atoms with E-state index in [-0.39, 0.29) is 0 Å². The Hall–Kier alpha value is -2.04. The maximum absolute atomic E-state index is 2.33. The first-order valence-corrected chi connectivity index (χ1v) is 9.19. The summed E-state index contributed by atoms with van der Waals surface area (Å²) in [4.78, 5) is 0. The van der Waals surface area contributed by atoms with Gasteiger partial charge in [0.2, 0.25) is 0 Å². The largest absolute Gasteiger partial charge is 0.0772 e. The van der Waals surface area contributed by atoms with E-state index in [4.69, 9.17) is 0 Å². The van der Waals surface area contributed by atoms with Gasteiger partial charge in [-0.15, -0.1) is 0 Å². The van der Waals surface area contributed by atoms with Crippen molar-refractivity contribution in [2.24, 2.45) is 0 Å². The van der Waals surface area contributed by atoms with Gasteiger partial charge in [-0.25, -0.2) is 0 Å². The first kappa shape index (κ1) is 13.6. The topological polar surface area (TPSA) is 0 Å². The van der Waals surface area contributed by atoms with E-state index in [2.05, 4.69) is 86.6 Å². The van der Waals surface area contributed by atoms with Gasteiger partial charge in [0.1, 0.15) is 0 Å². The highest BCUT2D eigenvalue weighted by atomic mass is 31.1. The van der Waals surface area contributed by atoms with E-state index < -0.39 is 7.53 Å². The fourth-order valence-electron chi connectivity index (χ4n) is 3.38. The van der Waals surface area contributed by atoms with Crippen molar-refractivity contribution in [2.75, 3.05) is 0 Å². The molecule has 0 fully saturated rings. The summed E-state index contributed by atoms with van der Waals surface area (Å²) < 4.78 is 0. The van der Waals surface area contributed by atoms with Crippen molar-refractivity contribution in [1.29, 1.82) is 0 Å². The molecular weight excluding hydrogens is 283 g/mol. The Morgan fingerprint density at radius 1 is 0.682 bits per heavy atom. The summed E-state index contributed by atoms with van der Waals surface area (Å²) in [6.07, 6.45) is 0. The molecule has 3 aromatic carbocycles.